The van der Waals surface area contributed by atoms with Crippen molar-refractivity contribution in [3.63, 3.8) is 0 Å². The molecule has 1 aromatic rings. The van der Waals surface area contributed by atoms with Crippen LogP contribution >= 0.6 is 0 Å². The number of nitrogens with two attached hydrogens (primary N) is 1. The highest BCUT2D eigenvalue weighted by molar-refractivity contribution is 5.78. The highest BCUT2D eigenvalue weighted by Crippen LogP contribution is 2.17. The second kappa shape index (κ2) is 4.80. The number of fused-ring (bicyclic) bond motifs is 1. The van der Waals surface area contributed by atoms with Crippen LogP contribution in [-0.4, -0.2) is 38.2 Å². The Balaban J connectivity index is 2.03. The van der Waals surface area contributed by atoms with Crippen molar-refractivity contribution in [2.75, 3.05) is 6.54 Å². The molecule has 1 aliphatic rings. The fourth-order valence-corrected chi connectivity index (χ4v) is 2.10. The summed E-state index contributed by atoms with van der Waals surface area (Å²) >= 11 is 0. The van der Waals surface area contributed by atoms with E-state index in [1.165, 1.54) is 0 Å². The number of nitrogens with one attached hydrogen (secondary N) is 1. The molecule has 0 saturated carbocycles. The van der Waals surface area contributed by atoms with Crippen LogP contribution in [0.5, 0.6) is 0 Å². The highest BCUT2D eigenvalue weighted by Gasteiger charge is 2.28. The quantitative estimate of drug-likeness (QED) is 0.405. The van der Waals surface area contributed by atoms with Gasteiger partial charge in [-0.05, 0) is 6.92 Å². The first-order valence-electron chi connectivity index (χ1n) is 5.74. The molecule has 0 radical (unpaired) electrons. The lowest BCUT2D eigenvalue weighted by Crippen LogP contribution is -2.48. The van der Waals surface area contributed by atoms with Crippen molar-refractivity contribution in [2.45, 2.75) is 33.0 Å². The minimum Gasteiger partial charge on any atom is -0.315 e. The van der Waals surface area contributed by atoms with Crippen molar-refractivity contribution in [1.29, 1.82) is 0 Å². The fraction of sp³-hybridized carbons (Fsp3) is 0.700. The number of hydrogen-bond acceptors (Lipinski definition) is 5. The molecule has 1 amide bonds. The molecule has 1 aromatic heterocycles. The van der Waals surface area contributed by atoms with Crippen molar-refractivity contribution in [2.24, 2.45) is 11.8 Å². The number of carbonyl (C=O) groups excluding carboxylic acids is 1. The molecule has 3 N–H and O–H groups in total. The number of carbonyl (C=O) groups is 1. The molecule has 2 rings (SSSR count). The van der Waals surface area contributed by atoms with E-state index in [0.29, 0.717) is 0 Å². The van der Waals surface area contributed by atoms with Crippen molar-refractivity contribution < 1.29 is 4.79 Å². The molecular weight excluding hydrogens is 220 g/mol. The van der Waals surface area contributed by atoms with E-state index in [-0.39, 0.29) is 17.9 Å². The standard InChI is InChI=1S/C10H18N6O/c1-7(10(17)13-11)8(2)15-3-4-16-6-12-14-9(16)5-15/h6-8H,3-5,11H2,1-2H3,(H,13,17). The van der Waals surface area contributed by atoms with E-state index in [1.807, 2.05) is 18.4 Å². The van der Waals surface area contributed by atoms with Gasteiger partial charge in [0.15, 0.2) is 0 Å². The number of aromatic nitrogens is 3. The van der Waals surface area contributed by atoms with E-state index in [2.05, 4.69) is 20.5 Å². The Hall–Kier alpha value is -1.47. The summed E-state index contributed by atoms with van der Waals surface area (Å²) in [6.07, 6.45) is 1.74. The van der Waals surface area contributed by atoms with Gasteiger partial charge in [-0.15, -0.1) is 10.2 Å². The van der Waals surface area contributed by atoms with Gasteiger partial charge in [-0.2, -0.15) is 0 Å². The molecule has 94 valence electrons. The maximum atomic E-state index is 11.5. The third-order valence-electron chi connectivity index (χ3n) is 3.52. The number of rotatable bonds is 3. The van der Waals surface area contributed by atoms with Gasteiger partial charge >= 0.3 is 0 Å². The summed E-state index contributed by atoms with van der Waals surface area (Å²) in [5, 5.41) is 7.94. The molecule has 17 heavy (non-hydrogen) atoms. The molecule has 0 spiro atoms. The normalized spacial score (nSPS) is 19.5. The van der Waals surface area contributed by atoms with Crippen LogP contribution < -0.4 is 11.3 Å². The minimum atomic E-state index is -0.144. The van der Waals surface area contributed by atoms with E-state index in [4.69, 9.17) is 5.84 Å². The topological polar surface area (TPSA) is 89.1 Å². The first kappa shape index (κ1) is 12.0. The van der Waals surface area contributed by atoms with Crippen LogP contribution in [0.1, 0.15) is 19.7 Å². The van der Waals surface area contributed by atoms with E-state index in [9.17, 15) is 4.79 Å². The first-order valence-corrected chi connectivity index (χ1v) is 5.74. The van der Waals surface area contributed by atoms with Crippen molar-refractivity contribution in [3.8, 4) is 0 Å². The smallest absolute Gasteiger partial charge is 0.238 e. The zero-order valence-electron chi connectivity index (χ0n) is 10.1. The average Bonchev–Trinajstić information content (AvgIpc) is 2.83. The summed E-state index contributed by atoms with van der Waals surface area (Å²) in [4.78, 5) is 13.7. The minimum absolute atomic E-state index is 0.129. The molecule has 1 aliphatic heterocycles. The Morgan fingerprint density at radius 2 is 2.29 bits per heavy atom. The largest absolute Gasteiger partial charge is 0.315 e. The predicted molar refractivity (Wildman–Crippen MR) is 61.4 cm³/mol. The lowest BCUT2D eigenvalue weighted by molar-refractivity contribution is -0.126. The maximum absolute atomic E-state index is 11.5. The molecule has 7 heteroatoms. The summed E-state index contributed by atoms with van der Waals surface area (Å²) < 4.78 is 2.04. The molecule has 2 heterocycles. The Labute approximate surface area is 100.0 Å². The van der Waals surface area contributed by atoms with E-state index >= 15 is 0 Å². The van der Waals surface area contributed by atoms with Crippen LogP contribution in [-0.2, 0) is 17.9 Å². The number of hydrazine groups is 1. The molecule has 2 atom stereocenters. The van der Waals surface area contributed by atoms with E-state index < -0.39 is 0 Å². The van der Waals surface area contributed by atoms with Crippen LogP contribution in [0.25, 0.3) is 0 Å². The second-order valence-corrected chi connectivity index (χ2v) is 4.45. The second-order valence-electron chi connectivity index (χ2n) is 4.45. The van der Waals surface area contributed by atoms with Crippen molar-refractivity contribution in [1.82, 2.24) is 25.1 Å². The summed E-state index contributed by atoms with van der Waals surface area (Å²) in [5.74, 6) is 5.82. The van der Waals surface area contributed by atoms with Gasteiger partial charge in [0, 0.05) is 19.1 Å². The third kappa shape index (κ3) is 2.29. The predicted octanol–water partition coefficient (Wildman–Crippen LogP) is -0.892. The van der Waals surface area contributed by atoms with Crippen LogP contribution in [0, 0.1) is 5.92 Å². The first-order chi connectivity index (χ1) is 8.13. The highest BCUT2D eigenvalue weighted by atomic mass is 16.2. The van der Waals surface area contributed by atoms with Gasteiger partial charge in [-0.25, -0.2) is 5.84 Å². The van der Waals surface area contributed by atoms with Crippen LogP contribution in [0.4, 0.5) is 0 Å². The van der Waals surface area contributed by atoms with Gasteiger partial charge in [0.2, 0.25) is 5.91 Å². The van der Waals surface area contributed by atoms with Gasteiger partial charge in [0.1, 0.15) is 12.2 Å². The average molecular weight is 238 g/mol. The van der Waals surface area contributed by atoms with Gasteiger partial charge in [0.25, 0.3) is 0 Å². The van der Waals surface area contributed by atoms with Gasteiger partial charge in [-0.3, -0.25) is 15.1 Å². The molecule has 0 bridgehead atoms. The summed E-state index contributed by atoms with van der Waals surface area (Å²) in [7, 11) is 0. The summed E-state index contributed by atoms with van der Waals surface area (Å²) in [6, 6.07) is 0.129. The van der Waals surface area contributed by atoms with Gasteiger partial charge < -0.3 is 4.57 Å². The van der Waals surface area contributed by atoms with Crippen LogP contribution in [0.15, 0.2) is 6.33 Å². The van der Waals surface area contributed by atoms with E-state index in [0.717, 1.165) is 25.5 Å². The zero-order valence-corrected chi connectivity index (χ0v) is 10.1. The summed E-state index contributed by atoms with van der Waals surface area (Å²) in [6.45, 7) is 6.40. The SMILES string of the molecule is CC(C(=O)NN)C(C)N1CCn2cnnc2C1. The van der Waals surface area contributed by atoms with Crippen molar-refractivity contribution >= 4 is 5.91 Å². The Kier molecular flexibility index (Phi) is 3.39. The molecule has 2 unspecified atom stereocenters. The van der Waals surface area contributed by atoms with Crippen molar-refractivity contribution in [3.05, 3.63) is 12.2 Å². The lowest BCUT2D eigenvalue weighted by Gasteiger charge is -2.34. The Morgan fingerprint density at radius 3 is 3.00 bits per heavy atom. The van der Waals surface area contributed by atoms with E-state index in [1.54, 1.807) is 6.33 Å². The number of hydrogen-bond donors (Lipinski definition) is 2. The number of nitrogens with zero attached hydrogens (tertiary/aromatic N) is 4. The maximum Gasteiger partial charge on any atom is 0.238 e. The van der Waals surface area contributed by atoms with Crippen LogP contribution in [0.2, 0.25) is 0 Å². The molecule has 0 aliphatic carbocycles. The molecule has 0 aromatic carbocycles. The van der Waals surface area contributed by atoms with Gasteiger partial charge in [0.05, 0.1) is 12.5 Å². The third-order valence-corrected chi connectivity index (χ3v) is 3.52. The molecule has 0 fully saturated rings. The zero-order chi connectivity index (χ0) is 12.4. The summed E-state index contributed by atoms with van der Waals surface area (Å²) in [5.41, 5.74) is 2.20. The molecule has 0 saturated heterocycles. The molecular formula is C10H18N6O. The lowest BCUT2D eigenvalue weighted by atomic mass is 10.0. The fourth-order valence-electron chi connectivity index (χ4n) is 2.10. The number of amides is 1. The van der Waals surface area contributed by atoms with Crippen LogP contribution in [0.3, 0.4) is 0 Å². The van der Waals surface area contributed by atoms with Gasteiger partial charge in [-0.1, -0.05) is 6.92 Å². The molecule has 7 nitrogen and oxygen atoms in total. The Morgan fingerprint density at radius 1 is 1.53 bits per heavy atom. The Bertz CT molecular complexity index is 403. The monoisotopic (exact) mass is 238 g/mol.